The molecular weight excluding hydrogens is 256 g/mol. The lowest BCUT2D eigenvalue weighted by atomic mass is 10.1. The van der Waals surface area contributed by atoms with E-state index in [0.717, 1.165) is 17.7 Å². The van der Waals surface area contributed by atoms with E-state index >= 15 is 0 Å². The normalized spacial score (nSPS) is 11.9. The molecule has 20 heavy (non-hydrogen) atoms. The van der Waals surface area contributed by atoms with Gasteiger partial charge in [0, 0.05) is 12.2 Å². The van der Waals surface area contributed by atoms with Crippen LogP contribution >= 0.6 is 0 Å². The Balaban J connectivity index is 2.99. The number of carboxylic acids is 1. The maximum absolute atomic E-state index is 12.4. The van der Waals surface area contributed by atoms with Crippen LogP contribution < -0.4 is 10.6 Å². The third kappa shape index (κ3) is 4.35. The van der Waals surface area contributed by atoms with E-state index in [1.165, 1.54) is 4.90 Å². The standard InChI is InChI=1S/C15H22N2O3/c1-3-6-12(16)15(20)17(10-9-14(18)19)13-8-5-4-7-11(13)2/h4-5,7-8,12H,3,6,9-10,16H2,1-2H3,(H,18,19)/t12-/m0/s1. The average Bonchev–Trinajstić information content (AvgIpc) is 2.40. The number of aryl methyl sites for hydroxylation is 1. The number of hydrogen-bond acceptors (Lipinski definition) is 3. The lowest BCUT2D eigenvalue weighted by Gasteiger charge is -2.26. The third-order valence-corrected chi connectivity index (χ3v) is 3.14. The lowest BCUT2D eigenvalue weighted by Crippen LogP contribution is -2.45. The second-order valence-electron chi connectivity index (χ2n) is 4.82. The van der Waals surface area contributed by atoms with Crippen molar-refractivity contribution in [3.63, 3.8) is 0 Å². The number of carbonyl (C=O) groups is 2. The van der Waals surface area contributed by atoms with Gasteiger partial charge in [-0.2, -0.15) is 0 Å². The van der Waals surface area contributed by atoms with Crippen molar-refractivity contribution in [1.29, 1.82) is 0 Å². The zero-order valence-electron chi connectivity index (χ0n) is 12.0. The summed E-state index contributed by atoms with van der Waals surface area (Å²) in [4.78, 5) is 24.7. The van der Waals surface area contributed by atoms with Gasteiger partial charge in [-0.3, -0.25) is 9.59 Å². The first-order chi connectivity index (χ1) is 9.47. The van der Waals surface area contributed by atoms with Gasteiger partial charge in [0.15, 0.2) is 0 Å². The second-order valence-corrected chi connectivity index (χ2v) is 4.82. The van der Waals surface area contributed by atoms with E-state index in [2.05, 4.69) is 0 Å². The first kappa shape index (κ1) is 16.2. The van der Waals surface area contributed by atoms with Crippen LogP contribution in [0.5, 0.6) is 0 Å². The van der Waals surface area contributed by atoms with E-state index in [-0.39, 0.29) is 18.9 Å². The molecule has 5 heteroatoms. The summed E-state index contributed by atoms with van der Waals surface area (Å²) in [5.41, 5.74) is 7.54. The van der Waals surface area contributed by atoms with Crippen molar-refractivity contribution in [2.24, 2.45) is 5.73 Å². The highest BCUT2D eigenvalue weighted by Gasteiger charge is 2.23. The molecule has 0 saturated carbocycles. The minimum Gasteiger partial charge on any atom is -0.481 e. The van der Waals surface area contributed by atoms with Gasteiger partial charge in [0.25, 0.3) is 0 Å². The van der Waals surface area contributed by atoms with Crippen molar-refractivity contribution < 1.29 is 14.7 Å². The number of anilines is 1. The average molecular weight is 278 g/mol. The Morgan fingerprint density at radius 2 is 2.00 bits per heavy atom. The van der Waals surface area contributed by atoms with Crippen molar-refractivity contribution in [2.45, 2.75) is 39.2 Å². The minimum atomic E-state index is -0.930. The van der Waals surface area contributed by atoms with Crippen LogP contribution in [-0.4, -0.2) is 29.6 Å². The summed E-state index contributed by atoms with van der Waals surface area (Å²) in [6.45, 7) is 3.99. The summed E-state index contributed by atoms with van der Waals surface area (Å²) in [5.74, 6) is -1.15. The molecule has 110 valence electrons. The number of amides is 1. The Morgan fingerprint density at radius 1 is 1.35 bits per heavy atom. The summed E-state index contributed by atoms with van der Waals surface area (Å²) < 4.78 is 0. The lowest BCUT2D eigenvalue weighted by molar-refractivity contribution is -0.136. The Labute approximate surface area is 119 Å². The van der Waals surface area contributed by atoms with Gasteiger partial charge in [-0.1, -0.05) is 31.5 Å². The number of hydrogen-bond donors (Lipinski definition) is 2. The molecule has 0 aromatic heterocycles. The van der Waals surface area contributed by atoms with Gasteiger partial charge in [0.2, 0.25) is 5.91 Å². The number of benzene rings is 1. The highest BCUT2D eigenvalue weighted by molar-refractivity contribution is 5.98. The molecule has 3 N–H and O–H groups in total. The van der Waals surface area contributed by atoms with E-state index in [1.807, 2.05) is 38.1 Å². The summed E-state index contributed by atoms with van der Waals surface area (Å²) in [7, 11) is 0. The molecular formula is C15H22N2O3. The minimum absolute atomic E-state index is 0.0983. The fraction of sp³-hybridized carbons (Fsp3) is 0.467. The van der Waals surface area contributed by atoms with Gasteiger partial charge >= 0.3 is 5.97 Å². The van der Waals surface area contributed by atoms with Gasteiger partial charge in [-0.05, 0) is 25.0 Å². The number of carbonyl (C=O) groups excluding carboxylic acids is 1. The molecule has 0 aliphatic heterocycles. The maximum Gasteiger partial charge on any atom is 0.305 e. The van der Waals surface area contributed by atoms with Crippen molar-refractivity contribution in [3.8, 4) is 0 Å². The third-order valence-electron chi connectivity index (χ3n) is 3.14. The number of nitrogens with zero attached hydrogens (tertiary/aromatic N) is 1. The molecule has 1 aromatic rings. The first-order valence-corrected chi connectivity index (χ1v) is 6.81. The van der Waals surface area contributed by atoms with E-state index in [4.69, 9.17) is 10.8 Å². The van der Waals surface area contributed by atoms with Gasteiger partial charge in [-0.25, -0.2) is 0 Å². The molecule has 0 fully saturated rings. The van der Waals surface area contributed by atoms with Crippen LogP contribution in [0.1, 0.15) is 31.7 Å². The Morgan fingerprint density at radius 3 is 2.55 bits per heavy atom. The number of rotatable bonds is 7. The quantitative estimate of drug-likeness (QED) is 0.798. The predicted molar refractivity (Wildman–Crippen MR) is 78.7 cm³/mol. The van der Waals surface area contributed by atoms with E-state index in [9.17, 15) is 9.59 Å². The predicted octanol–water partition coefficient (Wildman–Crippen LogP) is 1.93. The first-order valence-electron chi connectivity index (χ1n) is 6.81. The molecule has 0 aliphatic rings. The largest absolute Gasteiger partial charge is 0.481 e. The smallest absolute Gasteiger partial charge is 0.305 e. The number of nitrogens with two attached hydrogens (primary N) is 1. The fourth-order valence-corrected chi connectivity index (χ4v) is 2.06. The van der Waals surface area contributed by atoms with Crippen LogP contribution in [0.15, 0.2) is 24.3 Å². The zero-order valence-corrected chi connectivity index (χ0v) is 12.0. The zero-order chi connectivity index (χ0) is 15.1. The highest BCUT2D eigenvalue weighted by atomic mass is 16.4. The number of para-hydroxylation sites is 1. The van der Waals surface area contributed by atoms with E-state index in [1.54, 1.807) is 0 Å². The Kier molecular flexibility index (Phi) is 6.18. The summed E-state index contributed by atoms with van der Waals surface area (Å²) in [6.07, 6.45) is 1.31. The molecule has 1 rings (SSSR count). The SMILES string of the molecule is CCC[C@H](N)C(=O)N(CCC(=O)O)c1ccccc1C. The molecule has 0 heterocycles. The number of carboxylic acid groups (broad SMARTS) is 1. The fourth-order valence-electron chi connectivity index (χ4n) is 2.06. The molecule has 0 bridgehead atoms. The van der Waals surface area contributed by atoms with Gasteiger partial charge in [-0.15, -0.1) is 0 Å². The highest BCUT2D eigenvalue weighted by Crippen LogP contribution is 2.21. The van der Waals surface area contributed by atoms with E-state index < -0.39 is 12.0 Å². The Bertz CT molecular complexity index is 474. The van der Waals surface area contributed by atoms with Crippen LogP contribution in [0.3, 0.4) is 0 Å². The van der Waals surface area contributed by atoms with Crippen LogP contribution in [0, 0.1) is 6.92 Å². The molecule has 1 aromatic carbocycles. The Hall–Kier alpha value is -1.88. The summed E-state index contributed by atoms with van der Waals surface area (Å²) in [5, 5.41) is 8.83. The molecule has 5 nitrogen and oxygen atoms in total. The molecule has 0 aliphatic carbocycles. The monoisotopic (exact) mass is 278 g/mol. The van der Waals surface area contributed by atoms with Crippen molar-refractivity contribution >= 4 is 17.6 Å². The number of aliphatic carboxylic acids is 1. The molecule has 0 saturated heterocycles. The molecule has 1 amide bonds. The van der Waals surface area contributed by atoms with E-state index in [0.29, 0.717) is 6.42 Å². The van der Waals surface area contributed by atoms with Crippen LogP contribution in [0.4, 0.5) is 5.69 Å². The molecule has 0 radical (unpaired) electrons. The van der Waals surface area contributed by atoms with Gasteiger partial charge < -0.3 is 15.7 Å². The van der Waals surface area contributed by atoms with Crippen molar-refractivity contribution in [2.75, 3.05) is 11.4 Å². The van der Waals surface area contributed by atoms with Crippen LogP contribution in [-0.2, 0) is 9.59 Å². The summed E-state index contributed by atoms with van der Waals surface area (Å²) >= 11 is 0. The molecule has 0 unspecified atom stereocenters. The van der Waals surface area contributed by atoms with Gasteiger partial charge in [0.05, 0.1) is 12.5 Å². The van der Waals surface area contributed by atoms with Crippen LogP contribution in [0.2, 0.25) is 0 Å². The topological polar surface area (TPSA) is 83.6 Å². The second kappa shape index (κ2) is 7.65. The van der Waals surface area contributed by atoms with Gasteiger partial charge in [0.1, 0.15) is 0 Å². The van der Waals surface area contributed by atoms with Crippen LogP contribution in [0.25, 0.3) is 0 Å². The van der Waals surface area contributed by atoms with Crippen molar-refractivity contribution in [3.05, 3.63) is 29.8 Å². The molecule has 0 spiro atoms. The maximum atomic E-state index is 12.4. The molecule has 1 atom stereocenters. The van der Waals surface area contributed by atoms with Crippen molar-refractivity contribution in [1.82, 2.24) is 0 Å². The summed E-state index contributed by atoms with van der Waals surface area (Å²) in [6, 6.07) is 6.82.